The molecule has 1 aromatic carbocycles. The lowest BCUT2D eigenvalue weighted by atomic mass is 10.1. The van der Waals surface area contributed by atoms with Crippen LogP contribution in [0.25, 0.3) is 0 Å². The predicted molar refractivity (Wildman–Crippen MR) is 68.2 cm³/mol. The lowest BCUT2D eigenvalue weighted by Crippen LogP contribution is -2.23. The molecule has 5 heteroatoms. The summed E-state index contributed by atoms with van der Waals surface area (Å²) in [6.07, 6.45) is -0.672. The molecule has 0 aromatic heterocycles. The van der Waals surface area contributed by atoms with E-state index in [0.717, 1.165) is 10.0 Å². The van der Waals surface area contributed by atoms with Crippen molar-refractivity contribution in [3.05, 3.63) is 27.7 Å². The molecule has 0 heterocycles. The summed E-state index contributed by atoms with van der Waals surface area (Å²) in [5.74, 6) is 0.617. The Bertz CT molecular complexity index is 368. The monoisotopic (exact) mass is 304 g/mol. The fourth-order valence-corrected chi connectivity index (χ4v) is 2.16. The Balaban J connectivity index is 2.76. The molecule has 0 saturated heterocycles. The molecule has 0 aliphatic rings. The summed E-state index contributed by atoms with van der Waals surface area (Å²) in [4.78, 5) is 0. The van der Waals surface area contributed by atoms with Crippen LogP contribution in [-0.4, -0.2) is 36.6 Å². The molecular weight excluding hydrogens is 288 g/mol. The number of halogens is 1. The predicted octanol–water partition coefficient (Wildman–Crippen LogP) is 1.64. The average molecular weight is 305 g/mol. The number of aryl methyl sites for hydroxylation is 1. The van der Waals surface area contributed by atoms with Crippen molar-refractivity contribution in [3.63, 3.8) is 0 Å². The molecule has 0 radical (unpaired) electrons. The van der Waals surface area contributed by atoms with Crippen LogP contribution in [0.15, 0.2) is 16.6 Å². The lowest BCUT2D eigenvalue weighted by Gasteiger charge is -2.16. The van der Waals surface area contributed by atoms with Gasteiger partial charge in [-0.3, -0.25) is 0 Å². The molecule has 0 aliphatic carbocycles. The van der Waals surface area contributed by atoms with Crippen LogP contribution in [0.3, 0.4) is 0 Å². The molecule has 1 unspecified atom stereocenters. The third kappa shape index (κ3) is 4.27. The minimum atomic E-state index is -0.672. The van der Waals surface area contributed by atoms with E-state index in [2.05, 4.69) is 15.9 Å². The zero-order valence-corrected chi connectivity index (χ0v) is 11.5. The Hall–Kier alpha value is -0.620. The summed E-state index contributed by atoms with van der Waals surface area (Å²) in [7, 11) is 1.52. The summed E-state index contributed by atoms with van der Waals surface area (Å²) in [5.41, 5.74) is 1.61. The molecule has 0 spiro atoms. The van der Waals surface area contributed by atoms with Gasteiger partial charge in [-0.25, -0.2) is 0 Å². The van der Waals surface area contributed by atoms with Crippen molar-refractivity contribution in [2.45, 2.75) is 19.6 Å². The van der Waals surface area contributed by atoms with E-state index < -0.39 is 6.10 Å². The van der Waals surface area contributed by atoms with Gasteiger partial charge in [0.15, 0.2) is 0 Å². The summed E-state index contributed by atoms with van der Waals surface area (Å²) >= 11 is 3.36. The standard InChI is InChI=1S/C12H17BrO4/c1-8-3-10(13)4-9(5-14)12(8)17-7-11(15)6-16-2/h3-4,11,14-15H,5-7H2,1-2H3. The summed E-state index contributed by atoms with van der Waals surface area (Å²) in [5, 5.41) is 18.7. The molecule has 0 fully saturated rings. The normalized spacial score (nSPS) is 12.5. The van der Waals surface area contributed by atoms with Gasteiger partial charge in [0.05, 0.1) is 13.2 Å². The molecule has 17 heavy (non-hydrogen) atoms. The van der Waals surface area contributed by atoms with Crippen LogP contribution >= 0.6 is 15.9 Å². The fourth-order valence-electron chi connectivity index (χ4n) is 1.54. The Morgan fingerprint density at radius 1 is 1.35 bits per heavy atom. The second kappa shape index (κ2) is 6.96. The summed E-state index contributed by atoms with van der Waals surface area (Å²) < 4.78 is 11.2. The van der Waals surface area contributed by atoms with Gasteiger partial charge in [-0.15, -0.1) is 0 Å². The van der Waals surface area contributed by atoms with Crippen molar-refractivity contribution in [2.24, 2.45) is 0 Å². The zero-order chi connectivity index (χ0) is 12.8. The molecule has 2 N–H and O–H groups in total. The van der Waals surface area contributed by atoms with Gasteiger partial charge in [0.25, 0.3) is 0 Å². The first-order valence-electron chi connectivity index (χ1n) is 5.28. The van der Waals surface area contributed by atoms with E-state index in [0.29, 0.717) is 11.3 Å². The topological polar surface area (TPSA) is 58.9 Å². The van der Waals surface area contributed by atoms with E-state index in [4.69, 9.17) is 9.47 Å². The molecule has 0 aliphatic heterocycles. The highest BCUT2D eigenvalue weighted by atomic mass is 79.9. The van der Waals surface area contributed by atoms with E-state index in [1.165, 1.54) is 7.11 Å². The van der Waals surface area contributed by atoms with Crippen molar-refractivity contribution >= 4 is 15.9 Å². The minimum absolute atomic E-state index is 0.101. The maximum atomic E-state index is 9.50. The van der Waals surface area contributed by atoms with Gasteiger partial charge in [-0.2, -0.15) is 0 Å². The molecule has 0 saturated carbocycles. The molecule has 0 bridgehead atoms. The highest BCUT2D eigenvalue weighted by molar-refractivity contribution is 9.10. The first-order valence-corrected chi connectivity index (χ1v) is 6.07. The van der Waals surface area contributed by atoms with Crippen LogP contribution in [0.5, 0.6) is 5.75 Å². The van der Waals surface area contributed by atoms with E-state index in [-0.39, 0.29) is 19.8 Å². The highest BCUT2D eigenvalue weighted by Crippen LogP contribution is 2.28. The van der Waals surface area contributed by atoms with Crippen LogP contribution in [0, 0.1) is 6.92 Å². The number of hydrogen-bond donors (Lipinski definition) is 2. The van der Waals surface area contributed by atoms with Gasteiger partial charge in [0, 0.05) is 17.1 Å². The van der Waals surface area contributed by atoms with Gasteiger partial charge in [-0.1, -0.05) is 15.9 Å². The van der Waals surface area contributed by atoms with E-state index in [1.807, 2.05) is 13.0 Å². The number of rotatable bonds is 6. The van der Waals surface area contributed by atoms with Crippen LogP contribution < -0.4 is 4.74 Å². The van der Waals surface area contributed by atoms with Crippen molar-refractivity contribution in [1.29, 1.82) is 0 Å². The number of hydrogen-bond acceptors (Lipinski definition) is 4. The SMILES string of the molecule is COCC(O)COc1c(C)cc(Br)cc1CO. The van der Waals surface area contributed by atoms with E-state index >= 15 is 0 Å². The average Bonchev–Trinajstić information content (AvgIpc) is 2.27. The quantitative estimate of drug-likeness (QED) is 0.839. The Morgan fingerprint density at radius 2 is 2.06 bits per heavy atom. The molecular formula is C12H17BrO4. The Morgan fingerprint density at radius 3 is 2.65 bits per heavy atom. The smallest absolute Gasteiger partial charge is 0.127 e. The van der Waals surface area contributed by atoms with Gasteiger partial charge in [0.1, 0.15) is 18.5 Å². The number of methoxy groups -OCH3 is 1. The second-order valence-electron chi connectivity index (χ2n) is 3.79. The van der Waals surface area contributed by atoms with Crippen LogP contribution in [0.2, 0.25) is 0 Å². The minimum Gasteiger partial charge on any atom is -0.490 e. The third-order valence-electron chi connectivity index (χ3n) is 2.27. The molecule has 1 rings (SSSR count). The molecule has 1 aromatic rings. The maximum absolute atomic E-state index is 9.50. The van der Waals surface area contributed by atoms with Crippen molar-refractivity contribution < 1.29 is 19.7 Å². The summed E-state index contributed by atoms with van der Waals surface area (Å²) in [6.45, 7) is 2.16. The number of ether oxygens (including phenoxy) is 2. The van der Waals surface area contributed by atoms with Crippen molar-refractivity contribution in [2.75, 3.05) is 20.3 Å². The zero-order valence-electron chi connectivity index (χ0n) is 9.94. The number of aliphatic hydroxyl groups is 2. The van der Waals surface area contributed by atoms with Crippen LogP contribution in [-0.2, 0) is 11.3 Å². The van der Waals surface area contributed by atoms with Crippen molar-refractivity contribution in [3.8, 4) is 5.75 Å². The third-order valence-corrected chi connectivity index (χ3v) is 2.72. The van der Waals surface area contributed by atoms with Gasteiger partial charge in [0.2, 0.25) is 0 Å². The highest BCUT2D eigenvalue weighted by Gasteiger charge is 2.11. The fraction of sp³-hybridized carbons (Fsp3) is 0.500. The largest absolute Gasteiger partial charge is 0.490 e. The number of benzene rings is 1. The molecule has 96 valence electrons. The molecule has 4 nitrogen and oxygen atoms in total. The summed E-state index contributed by atoms with van der Waals surface area (Å²) in [6, 6.07) is 3.70. The second-order valence-corrected chi connectivity index (χ2v) is 4.70. The van der Waals surface area contributed by atoms with E-state index in [9.17, 15) is 10.2 Å². The Kier molecular flexibility index (Phi) is 5.91. The maximum Gasteiger partial charge on any atom is 0.127 e. The van der Waals surface area contributed by atoms with Crippen LogP contribution in [0.1, 0.15) is 11.1 Å². The molecule has 0 amide bonds. The first kappa shape index (κ1) is 14.4. The first-order chi connectivity index (χ1) is 8.08. The van der Waals surface area contributed by atoms with Gasteiger partial charge >= 0.3 is 0 Å². The van der Waals surface area contributed by atoms with Crippen molar-refractivity contribution in [1.82, 2.24) is 0 Å². The van der Waals surface area contributed by atoms with E-state index in [1.54, 1.807) is 6.07 Å². The Labute approximate surface area is 109 Å². The lowest BCUT2D eigenvalue weighted by molar-refractivity contribution is 0.0318. The number of aliphatic hydroxyl groups excluding tert-OH is 2. The molecule has 1 atom stereocenters. The van der Waals surface area contributed by atoms with Gasteiger partial charge < -0.3 is 19.7 Å². The van der Waals surface area contributed by atoms with Crippen LogP contribution in [0.4, 0.5) is 0 Å². The van der Waals surface area contributed by atoms with Gasteiger partial charge in [-0.05, 0) is 24.6 Å².